The van der Waals surface area contributed by atoms with E-state index in [0.29, 0.717) is 36.0 Å². The van der Waals surface area contributed by atoms with Crippen molar-refractivity contribution >= 4 is 17.5 Å². The number of alkyl halides is 3. The first-order valence-electron chi connectivity index (χ1n) is 9.55. The minimum absolute atomic E-state index is 0.200. The summed E-state index contributed by atoms with van der Waals surface area (Å²) in [6.07, 6.45) is -0.853. The molecule has 0 aliphatic rings. The van der Waals surface area contributed by atoms with Gasteiger partial charge in [-0.2, -0.15) is 13.2 Å². The summed E-state index contributed by atoms with van der Waals surface area (Å²) < 4.78 is 45.1. The Morgan fingerprint density at radius 1 is 1.16 bits per heavy atom. The molecule has 0 atom stereocenters. The lowest BCUT2D eigenvalue weighted by Gasteiger charge is -2.23. The lowest BCUT2D eigenvalue weighted by Crippen LogP contribution is -2.33. The van der Waals surface area contributed by atoms with E-state index in [1.807, 2.05) is 18.2 Å². The molecule has 0 radical (unpaired) electrons. The summed E-state index contributed by atoms with van der Waals surface area (Å²) in [6, 6.07) is 11.8. The first-order chi connectivity index (χ1) is 14.8. The number of aryl methyl sites for hydroxylation is 1. The van der Waals surface area contributed by atoms with Crippen LogP contribution in [-0.4, -0.2) is 33.5 Å². The summed E-state index contributed by atoms with van der Waals surface area (Å²) >= 11 is 6.26. The van der Waals surface area contributed by atoms with Gasteiger partial charge in [0.15, 0.2) is 0 Å². The Hall–Kier alpha value is -3.00. The van der Waals surface area contributed by atoms with E-state index in [-0.39, 0.29) is 12.5 Å². The third kappa shape index (κ3) is 6.01. The quantitative estimate of drug-likeness (QED) is 0.442. The fourth-order valence-corrected chi connectivity index (χ4v) is 3.19. The Morgan fingerprint density at radius 2 is 1.87 bits per heavy atom. The highest BCUT2D eigenvalue weighted by Gasteiger charge is 2.30. The highest BCUT2D eigenvalue weighted by Crippen LogP contribution is 2.30. The van der Waals surface area contributed by atoms with Gasteiger partial charge in [0, 0.05) is 25.2 Å². The second-order valence-electron chi connectivity index (χ2n) is 6.93. The van der Waals surface area contributed by atoms with Crippen LogP contribution in [0.15, 0.2) is 61.1 Å². The summed E-state index contributed by atoms with van der Waals surface area (Å²) in [5.41, 5.74) is 0.520. The van der Waals surface area contributed by atoms with Crippen LogP contribution in [0.1, 0.15) is 28.0 Å². The molecule has 0 saturated carbocycles. The average molecular weight is 452 g/mol. The molecule has 5 nitrogen and oxygen atoms in total. The monoisotopic (exact) mass is 451 g/mol. The van der Waals surface area contributed by atoms with Crippen LogP contribution in [0.3, 0.4) is 0 Å². The Bertz CT molecular complexity index is 1020. The van der Waals surface area contributed by atoms with Crippen molar-refractivity contribution in [2.45, 2.75) is 19.1 Å². The molecule has 0 bridgehead atoms. The molecule has 31 heavy (non-hydrogen) atoms. The second kappa shape index (κ2) is 9.87. The number of carbonyl (C=O) groups excluding carboxylic acids is 1. The fraction of sp³-hybridized carbons (Fsp3) is 0.273. The largest absolute Gasteiger partial charge is 0.494 e. The van der Waals surface area contributed by atoms with E-state index in [2.05, 4.69) is 4.98 Å². The summed E-state index contributed by atoms with van der Waals surface area (Å²) in [5, 5.41) is 0.561. The number of halogens is 4. The molecular formula is C22H21ClF3N3O2. The van der Waals surface area contributed by atoms with Crippen molar-refractivity contribution in [3.05, 3.63) is 82.9 Å². The van der Waals surface area contributed by atoms with Gasteiger partial charge in [0.2, 0.25) is 0 Å². The Balaban J connectivity index is 1.62. The topological polar surface area (TPSA) is 47.4 Å². The molecule has 0 N–H and O–H groups in total. The van der Waals surface area contributed by atoms with Gasteiger partial charge < -0.3 is 14.2 Å². The van der Waals surface area contributed by atoms with E-state index in [0.717, 1.165) is 17.7 Å². The van der Waals surface area contributed by atoms with E-state index < -0.39 is 11.7 Å². The number of imidazole rings is 1. The molecule has 164 valence electrons. The molecule has 1 aromatic heterocycles. The molecule has 3 rings (SSSR count). The normalized spacial score (nSPS) is 11.4. The van der Waals surface area contributed by atoms with Crippen molar-refractivity contribution < 1.29 is 22.7 Å². The number of hydrogen-bond acceptors (Lipinski definition) is 3. The number of hydrogen-bond donors (Lipinski definition) is 0. The highest BCUT2D eigenvalue weighted by molar-refractivity contribution is 6.31. The van der Waals surface area contributed by atoms with Gasteiger partial charge in [-0.1, -0.05) is 29.8 Å². The molecule has 9 heteroatoms. The molecule has 2 aromatic carbocycles. The summed E-state index contributed by atoms with van der Waals surface area (Å²) in [7, 11) is 1.74. The lowest BCUT2D eigenvalue weighted by molar-refractivity contribution is -0.137. The Morgan fingerprint density at radius 3 is 2.48 bits per heavy atom. The Kier molecular flexibility index (Phi) is 7.22. The maximum Gasteiger partial charge on any atom is 0.416 e. The first kappa shape index (κ1) is 22.7. The van der Waals surface area contributed by atoms with E-state index in [9.17, 15) is 18.0 Å². The van der Waals surface area contributed by atoms with Gasteiger partial charge in [-0.3, -0.25) is 4.79 Å². The minimum atomic E-state index is -4.39. The van der Waals surface area contributed by atoms with E-state index in [1.54, 1.807) is 28.9 Å². The van der Waals surface area contributed by atoms with Gasteiger partial charge in [-0.15, -0.1) is 0 Å². The van der Waals surface area contributed by atoms with E-state index in [1.165, 1.54) is 18.3 Å². The van der Waals surface area contributed by atoms with E-state index >= 15 is 0 Å². The average Bonchev–Trinajstić information content (AvgIpc) is 3.16. The van der Waals surface area contributed by atoms with Gasteiger partial charge in [-0.25, -0.2) is 4.98 Å². The van der Waals surface area contributed by atoms with Crippen LogP contribution in [0.2, 0.25) is 5.02 Å². The van der Waals surface area contributed by atoms with Crippen LogP contribution < -0.4 is 4.74 Å². The van der Waals surface area contributed by atoms with Crippen molar-refractivity contribution in [1.82, 2.24) is 14.5 Å². The Labute approximate surface area is 183 Å². The van der Waals surface area contributed by atoms with E-state index in [4.69, 9.17) is 16.3 Å². The second-order valence-corrected chi connectivity index (χ2v) is 7.34. The van der Waals surface area contributed by atoms with Crippen LogP contribution in [0.5, 0.6) is 5.75 Å². The van der Waals surface area contributed by atoms with Crippen molar-refractivity contribution in [2.24, 2.45) is 7.05 Å². The SMILES string of the molecule is Cn1cncc1C(=O)N(CCCOc1ccc(C(F)(F)F)cc1)Cc1ccccc1Cl. The molecule has 1 amide bonds. The molecule has 1 heterocycles. The van der Waals surface area contributed by atoms with Gasteiger partial charge in [0.1, 0.15) is 11.4 Å². The zero-order chi connectivity index (χ0) is 22.4. The summed E-state index contributed by atoms with van der Waals surface area (Å²) in [4.78, 5) is 18.7. The maximum absolute atomic E-state index is 13.0. The molecule has 0 aliphatic carbocycles. The van der Waals surface area contributed by atoms with Gasteiger partial charge in [-0.05, 0) is 42.3 Å². The first-order valence-corrected chi connectivity index (χ1v) is 9.92. The van der Waals surface area contributed by atoms with Crippen LogP contribution in [0.25, 0.3) is 0 Å². The molecule has 3 aromatic rings. The predicted octanol–water partition coefficient (Wildman–Crippen LogP) is 5.20. The van der Waals surface area contributed by atoms with Crippen molar-refractivity contribution in [3.63, 3.8) is 0 Å². The third-order valence-electron chi connectivity index (χ3n) is 4.66. The fourth-order valence-electron chi connectivity index (χ4n) is 3.00. The predicted molar refractivity (Wildman–Crippen MR) is 111 cm³/mol. The number of rotatable bonds is 8. The van der Waals surface area contributed by atoms with Crippen LogP contribution >= 0.6 is 11.6 Å². The minimum Gasteiger partial charge on any atom is -0.494 e. The number of ether oxygens (including phenoxy) is 1. The molecule has 0 unspecified atom stereocenters. The van der Waals surface area contributed by atoms with Gasteiger partial charge in [0.25, 0.3) is 5.91 Å². The zero-order valence-corrected chi connectivity index (χ0v) is 17.5. The lowest BCUT2D eigenvalue weighted by atomic mass is 10.2. The highest BCUT2D eigenvalue weighted by atomic mass is 35.5. The number of carbonyl (C=O) groups is 1. The molecule has 0 spiro atoms. The van der Waals surface area contributed by atoms with Gasteiger partial charge in [0.05, 0.1) is 24.7 Å². The number of nitrogens with zero attached hydrogens (tertiary/aromatic N) is 3. The van der Waals surface area contributed by atoms with Gasteiger partial charge >= 0.3 is 6.18 Å². The molecular weight excluding hydrogens is 431 g/mol. The number of aromatic nitrogens is 2. The third-order valence-corrected chi connectivity index (χ3v) is 5.03. The number of benzene rings is 2. The van der Waals surface area contributed by atoms with Crippen molar-refractivity contribution in [3.8, 4) is 5.75 Å². The molecule has 0 saturated heterocycles. The van der Waals surface area contributed by atoms with Crippen LogP contribution in [-0.2, 0) is 19.8 Å². The van der Waals surface area contributed by atoms with Crippen molar-refractivity contribution in [1.29, 1.82) is 0 Å². The van der Waals surface area contributed by atoms with Crippen LogP contribution in [0.4, 0.5) is 13.2 Å². The number of amides is 1. The smallest absolute Gasteiger partial charge is 0.416 e. The van der Waals surface area contributed by atoms with Crippen LogP contribution in [0, 0.1) is 0 Å². The standard InChI is InChI=1S/C22H21ClF3N3O2/c1-28-15-27-13-20(28)21(30)29(14-16-5-2-3-6-19(16)23)11-4-12-31-18-9-7-17(8-10-18)22(24,25)26/h2-3,5-10,13,15H,4,11-12,14H2,1H3. The maximum atomic E-state index is 13.0. The summed E-state index contributed by atoms with van der Waals surface area (Å²) in [6.45, 7) is 0.920. The molecule has 0 aliphatic heterocycles. The molecule has 0 fully saturated rings. The summed E-state index contributed by atoms with van der Waals surface area (Å²) in [5.74, 6) is 0.137. The zero-order valence-electron chi connectivity index (χ0n) is 16.8. The van der Waals surface area contributed by atoms with Crippen molar-refractivity contribution in [2.75, 3.05) is 13.2 Å².